The normalized spacial score (nSPS) is 18.1. The number of rotatable bonds is 25. The monoisotopic (exact) mass is 656 g/mol. The maximum Gasteiger partial charge on any atom is 0.423 e. The van der Waals surface area contributed by atoms with Gasteiger partial charge in [-0.3, -0.25) is 19.1 Å². The van der Waals surface area contributed by atoms with Gasteiger partial charge in [0.1, 0.15) is 31.1 Å². The molecule has 1 N–H and O–H groups in total. The third-order valence-electron chi connectivity index (χ3n) is 8.54. The maximum absolute atomic E-state index is 13.2. The summed E-state index contributed by atoms with van der Waals surface area (Å²) in [7, 11) is 0. The van der Waals surface area contributed by atoms with Crippen molar-refractivity contribution < 1.29 is 32.2 Å². The fourth-order valence-electron chi connectivity index (χ4n) is 5.85. The summed E-state index contributed by atoms with van der Waals surface area (Å²) in [5, 5.41) is 0. The van der Waals surface area contributed by atoms with E-state index in [2.05, 4.69) is 12.8 Å². The minimum Gasteiger partial charge on any atom is -0.463 e. The smallest absolute Gasteiger partial charge is 0.423 e. The molecule has 0 unspecified atom stereocenters. The number of esters is 1. The molecular formula is C35H55F3N2O6. The van der Waals surface area contributed by atoms with Crippen LogP contribution in [0.25, 0.3) is 0 Å². The largest absolute Gasteiger partial charge is 0.463 e. The van der Waals surface area contributed by atoms with Crippen LogP contribution >= 0.6 is 0 Å². The van der Waals surface area contributed by atoms with Gasteiger partial charge < -0.3 is 14.2 Å². The molecule has 2 heterocycles. The van der Waals surface area contributed by atoms with E-state index in [0.717, 1.165) is 19.3 Å². The zero-order valence-corrected chi connectivity index (χ0v) is 27.7. The molecule has 3 atom stereocenters. The van der Waals surface area contributed by atoms with Crippen LogP contribution in [0.2, 0.25) is 0 Å². The third kappa shape index (κ3) is 15.8. The van der Waals surface area contributed by atoms with Crippen LogP contribution in [0.1, 0.15) is 154 Å². The molecule has 0 aromatic carbocycles. The second-order valence-electron chi connectivity index (χ2n) is 12.4. The van der Waals surface area contributed by atoms with Crippen LogP contribution in [-0.4, -0.2) is 40.9 Å². The zero-order valence-electron chi connectivity index (χ0n) is 27.7. The van der Waals surface area contributed by atoms with Crippen molar-refractivity contribution in [1.82, 2.24) is 9.55 Å². The third-order valence-corrected chi connectivity index (χ3v) is 8.54. The molecule has 0 saturated carbocycles. The van der Waals surface area contributed by atoms with Gasteiger partial charge in [-0.25, -0.2) is 4.79 Å². The van der Waals surface area contributed by atoms with Crippen LogP contribution in [0.5, 0.6) is 0 Å². The highest BCUT2D eigenvalue weighted by atomic mass is 19.4. The van der Waals surface area contributed by atoms with Gasteiger partial charge in [-0.15, -0.1) is 6.42 Å². The van der Waals surface area contributed by atoms with Crippen LogP contribution in [0.15, 0.2) is 15.8 Å². The Labute approximate surface area is 272 Å². The SMILES string of the molecule is C#CCO[C@H]1C[C@H](n2cc(C(F)(F)F)c(=O)[nH]c2=O)O[C@@H]1COC(=O)CCCCCCCCCCCCCCCCCCCCC. The number of terminal acetylenes is 1. The summed E-state index contributed by atoms with van der Waals surface area (Å²) in [5.41, 5.74) is -4.11. The van der Waals surface area contributed by atoms with E-state index in [4.69, 9.17) is 20.6 Å². The zero-order chi connectivity index (χ0) is 33.6. The lowest BCUT2D eigenvalue weighted by Crippen LogP contribution is -2.36. The first-order valence-corrected chi connectivity index (χ1v) is 17.5. The van der Waals surface area contributed by atoms with E-state index >= 15 is 0 Å². The summed E-state index contributed by atoms with van der Waals surface area (Å²) in [6.07, 6.45) is 22.3. The number of hydrogen-bond donors (Lipinski definition) is 1. The number of aromatic nitrogens is 2. The number of carbonyl (C=O) groups is 1. The van der Waals surface area contributed by atoms with Gasteiger partial charge in [0.2, 0.25) is 0 Å². The lowest BCUT2D eigenvalue weighted by molar-refractivity contribution is -0.151. The molecule has 1 fully saturated rings. The Kier molecular flexibility index (Phi) is 19.7. The van der Waals surface area contributed by atoms with Gasteiger partial charge in [-0.05, 0) is 6.42 Å². The highest BCUT2D eigenvalue weighted by Crippen LogP contribution is 2.32. The van der Waals surface area contributed by atoms with Crippen LogP contribution < -0.4 is 11.2 Å². The Morgan fingerprint density at radius 3 is 1.89 bits per heavy atom. The molecule has 46 heavy (non-hydrogen) atoms. The van der Waals surface area contributed by atoms with Crippen molar-refractivity contribution in [2.24, 2.45) is 0 Å². The van der Waals surface area contributed by atoms with Gasteiger partial charge >= 0.3 is 17.8 Å². The topological polar surface area (TPSA) is 99.6 Å². The average Bonchev–Trinajstić information content (AvgIpc) is 3.42. The van der Waals surface area contributed by atoms with Gasteiger partial charge in [0.05, 0.1) is 6.10 Å². The molecule has 8 nitrogen and oxygen atoms in total. The quantitative estimate of drug-likeness (QED) is 0.0647. The molecule has 0 aliphatic carbocycles. The highest BCUT2D eigenvalue weighted by Gasteiger charge is 2.40. The predicted molar refractivity (Wildman–Crippen MR) is 172 cm³/mol. The lowest BCUT2D eigenvalue weighted by Gasteiger charge is -2.18. The molecule has 0 bridgehead atoms. The number of aromatic amines is 1. The minimum absolute atomic E-state index is 0.0214. The molecule has 1 aromatic heterocycles. The first kappa shape index (κ1) is 39.6. The predicted octanol–water partition coefficient (Wildman–Crippen LogP) is 8.23. The molecule has 1 aliphatic rings. The van der Waals surface area contributed by atoms with Crippen molar-refractivity contribution in [1.29, 1.82) is 0 Å². The molecule has 11 heteroatoms. The van der Waals surface area contributed by atoms with E-state index in [-0.39, 0.29) is 26.1 Å². The maximum atomic E-state index is 13.2. The number of ether oxygens (including phenoxy) is 3. The Bertz CT molecular complexity index is 1140. The Balaban J connectivity index is 1.55. The van der Waals surface area contributed by atoms with E-state index in [1.807, 2.05) is 0 Å². The molecule has 1 saturated heterocycles. The molecule has 2 rings (SSSR count). The van der Waals surface area contributed by atoms with Crippen molar-refractivity contribution >= 4 is 5.97 Å². The van der Waals surface area contributed by atoms with Crippen molar-refractivity contribution in [3.8, 4) is 12.3 Å². The Morgan fingerprint density at radius 2 is 1.41 bits per heavy atom. The first-order valence-electron chi connectivity index (χ1n) is 17.5. The summed E-state index contributed by atoms with van der Waals surface area (Å²) in [4.78, 5) is 37.9. The van der Waals surface area contributed by atoms with Gasteiger partial charge in [0.15, 0.2) is 0 Å². The standard InChI is InChI=1S/C35H55F3N2O6/c1-3-5-6-7-8-9-10-11-12-13-14-15-16-17-18-19-20-21-22-23-32(41)45-27-30-29(44-24-4-2)25-31(46-30)40-26-28(35(36,37)38)33(42)39-34(40)43/h2,26,29-31H,3,5-25,27H2,1H3,(H,39,42,43)/t29-,30+,31+/m0/s1. The van der Waals surface area contributed by atoms with Gasteiger partial charge in [0.25, 0.3) is 5.56 Å². The van der Waals surface area contributed by atoms with E-state index in [9.17, 15) is 27.6 Å². The second kappa shape index (κ2) is 22.9. The highest BCUT2D eigenvalue weighted by molar-refractivity contribution is 5.69. The molecule has 1 aliphatic heterocycles. The van der Waals surface area contributed by atoms with Crippen LogP contribution in [0, 0.1) is 12.3 Å². The molecule has 0 spiro atoms. The van der Waals surface area contributed by atoms with Gasteiger partial charge in [0, 0.05) is 19.0 Å². The number of unbranched alkanes of at least 4 members (excludes halogenated alkanes) is 18. The fourth-order valence-corrected chi connectivity index (χ4v) is 5.85. The van der Waals surface area contributed by atoms with Crippen molar-refractivity contribution in [3.63, 3.8) is 0 Å². The van der Waals surface area contributed by atoms with Gasteiger partial charge in [-0.2, -0.15) is 13.2 Å². The van der Waals surface area contributed by atoms with E-state index in [0.29, 0.717) is 17.2 Å². The summed E-state index contributed by atoms with van der Waals surface area (Å²) in [6.45, 7) is 1.96. The second-order valence-corrected chi connectivity index (χ2v) is 12.4. The number of halogens is 3. The summed E-state index contributed by atoms with van der Waals surface area (Å²) < 4.78 is 57.0. The summed E-state index contributed by atoms with van der Waals surface area (Å²) in [5.74, 6) is 1.90. The molecule has 1 aromatic rings. The van der Waals surface area contributed by atoms with Crippen molar-refractivity contribution in [3.05, 3.63) is 32.6 Å². The molecular weight excluding hydrogens is 601 g/mol. The van der Waals surface area contributed by atoms with Crippen LogP contribution in [0.3, 0.4) is 0 Å². The summed E-state index contributed by atoms with van der Waals surface area (Å²) in [6, 6.07) is 0. The first-order chi connectivity index (χ1) is 22.2. The number of hydrogen-bond acceptors (Lipinski definition) is 6. The molecule has 0 radical (unpaired) electrons. The van der Waals surface area contributed by atoms with Gasteiger partial charge in [-0.1, -0.05) is 128 Å². The number of H-pyrrole nitrogens is 1. The fraction of sp³-hybridized carbons (Fsp3) is 0.800. The minimum atomic E-state index is -4.96. The molecule has 262 valence electrons. The van der Waals surface area contributed by atoms with Crippen molar-refractivity contribution in [2.45, 2.75) is 166 Å². The number of nitrogens with one attached hydrogen (secondary N) is 1. The molecule has 0 amide bonds. The average molecular weight is 657 g/mol. The number of carbonyl (C=O) groups excluding carboxylic acids is 1. The Morgan fingerprint density at radius 1 is 0.913 bits per heavy atom. The number of nitrogens with zero attached hydrogens (tertiary/aromatic N) is 1. The van der Waals surface area contributed by atoms with E-state index in [1.165, 1.54) is 96.3 Å². The van der Waals surface area contributed by atoms with Crippen LogP contribution in [-0.2, 0) is 25.2 Å². The lowest BCUT2D eigenvalue weighted by atomic mass is 10.0. The number of alkyl halides is 3. The summed E-state index contributed by atoms with van der Waals surface area (Å²) >= 11 is 0. The Hall–Kier alpha value is -2.58. The van der Waals surface area contributed by atoms with E-state index < -0.39 is 47.4 Å². The van der Waals surface area contributed by atoms with Crippen LogP contribution in [0.4, 0.5) is 13.2 Å². The van der Waals surface area contributed by atoms with E-state index in [1.54, 1.807) is 4.98 Å². The van der Waals surface area contributed by atoms with Crippen molar-refractivity contribution in [2.75, 3.05) is 13.2 Å².